The van der Waals surface area contributed by atoms with Crippen molar-refractivity contribution in [1.82, 2.24) is 14.7 Å². The molecule has 1 fully saturated rings. The molecule has 0 spiro atoms. The van der Waals surface area contributed by atoms with Crippen LogP contribution in [-0.4, -0.2) is 34.3 Å². The first kappa shape index (κ1) is 20.8. The van der Waals surface area contributed by atoms with Gasteiger partial charge in [0.25, 0.3) is 0 Å². The van der Waals surface area contributed by atoms with Crippen LogP contribution in [0.4, 0.5) is 20.7 Å². The summed E-state index contributed by atoms with van der Waals surface area (Å²) in [4.78, 5) is 14.7. The van der Waals surface area contributed by atoms with E-state index in [1.165, 1.54) is 12.1 Å². The quantitative estimate of drug-likeness (QED) is 0.543. The summed E-state index contributed by atoms with van der Waals surface area (Å²) >= 11 is 0. The molecule has 2 aromatic carbocycles. The van der Waals surface area contributed by atoms with Crippen LogP contribution in [0.1, 0.15) is 24.5 Å². The van der Waals surface area contributed by atoms with Crippen molar-refractivity contribution < 1.29 is 13.9 Å². The van der Waals surface area contributed by atoms with Crippen molar-refractivity contribution in [2.24, 2.45) is 0 Å². The molecule has 2 N–H and O–H groups in total. The van der Waals surface area contributed by atoms with Crippen LogP contribution >= 0.6 is 0 Å². The molecular weight excluding hydrogens is 421 g/mol. The van der Waals surface area contributed by atoms with Gasteiger partial charge < -0.3 is 15.0 Å². The van der Waals surface area contributed by atoms with E-state index in [0.29, 0.717) is 23.2 Å². The van der Waals surface area contributed by atoms with Crippen LogP contribution in [0.25, 0.3) is 5.69 Å². The standard InChI is InChI=1S/C25H24FN5O2/c1-30-13-11-19(12-14-30)33-20-9-10-22(21(26)15-20)27-25(32)28-24-16-23(17-7-8-17)29-31(24)18-5-3-2-4-6-18/h2-6,9-13,15-17H,7-8,14H2,1H3,(H2,27,28,32). The molecule has 8 heteroatoms. The van der Waals surface area contributed by atoms with Gasteiger partial charge >= 0.3 is 6.03 Å². The number of hydrogen-bond acceptors (Lipinski definition) is 4. The minimum absolute atomic E-state index is 0.0564. The Bertz CT molecular complexity index is 1230. The van der Waals surface area contributed by atoms with Crippen LogP contribution in [0, 0.1) is 5.82 Å². The van der Waals surface area contributed by atoms with Gasteiger partial charge in [-0.1, -0.05) is 18.2 Å². The second-order valence-electron chi connectivity index (χ2n) is 8.16. The Balaban J connectivity index is 1.28. The summed E-state index contributed by atoms with van der Waals surface area (Å²) < 4.78 is 22.0. The van der Waals surface area contributed by atoms with Gasteiger partial charge in [0.15, 0.2) is 0 Å². The van der Waals surface area contributed by atoms with Crippen molar-refractivity contribution >= 4 is 17.5 Å². The molecule has 1 aliphatic heterocycles. The fourth-order valence-electron chi connectivity index (χ4n) is 3.54. The Morgan fingerprint density at radius 1 is 1.12 bits per heavy atom. The highest BCUT2D eigenvalue weighted by Gasteiger charge is 2.28. The van der Waals surface area contributed by atoms with Crippen LogP contribution in [0.2, 0.25) is 0 Å². The lowest BCUT2D eigenvalue weighted by Crippen LogP contribution is -2.22. The third kappa shape index (κ3) is 4.90. The zero-order chi connectivity index (χ0) is 22.8. The number of likely N-dealkylation sites (N-methyl/N-ethyl adjacent to an activating group) is 1. The molecule has 1 saturated carbocycles. The Kier molecular flexibility index (Phi) is 5.56. The minimum atomic E-state index is -0.588. The largest absolute Gasteiger partial charge is 0.457 e. The van der Waals surface area contributed by atoms with E-state index in [-0.39, 0.29) is 5.69 Å². The lowest BCUT2D eigenvalue weighted by molar-refractivity contribution is 0.262. The van der Waals surface area contributed by atoms with Gasteiger partial charge in [-0.25, -0.2) is 13.9 Å². The van der Waals surface area contributed by atoms with Gasteiger partial charge in [0, 0.05) is 37.8 Å². The zero-order valence-electron chi connectivity index (χ0n) is 18.2. The molecular formula is C25H24FN5O2. The highest BCUT2D eigenvalue weighted by atomic mass is 19.1. The van der Waals surface area contributed by atoms with Gasteiger partial charge in [-0.3, -0.25) is 5.32 Å². The molecule has 33 heavy (non-hydrogen) atoms. The van der Waals surface area contributed by atoms with E-state index in [9.17, 15) is 9.18 Å². The van der Waals surface area contributed by atoms with Crippen molar-refractivity contribution in [3.63, 3.8) is 0 Å². The van der Waals surface area contributed by atoms with Crippen molar-refractivity contribution in [1.29, 1.82) is 0 Å². The maximum atomic E-state index is 14.6. The van der Waals surface area contributed by atoms with Gasteiger partial charge in [0.2, 0.25) is 0 Å². The lowest BCUT2D eigenvalue weighted by atomic mass is 10.2. The number of urea groups is 1. The van der Waals surface area contributed by atoms with E-state index in [1.807, 2.05) is 66.7 Å². The number of halogens is 1. The Hall–Kier alpha value is -4.07. The van der Waals surface area contributed by atoms with Crippen LogP contribution in [0.5, 0.6) is 5.75 Å². The molecule has 0 unspecified atom stereocenters. The van der Waals surface area contributed by atoms with E-state index < -0.39 is 11.8 Å². The number of ether oxygens (including phenoxy) is 1. The van der Waals surface area contributed by atoms with Crippen LogP contribution in [0.15, 0.2) is 78.7 Å². The molecule has 2 aliphatic rings. The van der Waals surface area contributed by atoms with Gasteiger partial charge in [-0.2, -0.15) is 5.10 Å². The number of benzene rings is 2. The maximum absolute atomic E-state index is 14.6. The normalized spacial score (nSPS) is 15.2. The van der Waals surface area contributed by atoms with Gasteiger partial charge in [-0.15, -0.1) is 0 Å². The SMILES string of the molecule is CN1C=CC(Oc2ccc(NC(=O)Nc3cc(C4CC4)nn3-c3ccccc3)c(F)c2)=CC1. The minimum Gasteiger partial charge on any atom is -0.457 e. The van der Waals surface area contributed by atoms with E-state index >= 15 is 0 Å². The lowest BCUT2D eigenvalue weighted by Gasteiger charge is -2.17. The van der Waals surface area contributed by atoms with Crippen molar-refractivity contribution in [2.45, 2.75) is 18.8 Å². The molecule has 0 bridgehead atoms. The Morgan fingerprint density at radius 3 is 2.64 bits per heavy atom. The monoisotopic (exact) mass is 445 g/mol. The van der Waals surface area contributed by atoms with Crippen molar-refractivity contribution in [3.8, 4) is 11.4 Å². The first-order valence-electron chi connectivity index (χ1n) is 10.8. The van der Waals surface area contributed by atoms with Crippen LogP contribution in [0.3, 0.4) is 0 Å². The molecule has 0 saturated heterocycles. The highest BCUT2D eigenvalue weighted by molar-refractivity contribution is 5.99. The number of rotatable bonds is 6. The number of hydrogen-bond donors (Lipinski definition) is 2. The fraction of sp³-hybridized carbons (Fsp3) is 0.200. The smallest absolute Gasteiger partial charge is 0.324 e. The predicted octanol–water partition coefficient (Wildman–Crippen LogP) is 5.25. The number of aromatic nitrogens is 2. The summed E-state index contributed by atoms with van der Waals surface area (Å²) in [5.41, 5.74) is 1.84. The van der Waals surface area contributed by atoms with Crippen LogP contribution < -0.4 is 15.4 Å². The van der Waals surface area contributed by atoms with Crippen LogP contribution in [-0.2, 0) is 0 Å². The first-order valence-corrected chi connectivity index (χ1v) is 10.8. The molecule has 168 valence electrons. The highest BCUT2D eigenvalue weighted by Crippen LogP contribution is 2.40. The molecule has 5 rings (SSSR count). The topological polar surface area (TPSA) is 71.4 Å². The summed E-state index contributed by atoms with van der Waals surface area (Å²) in [5, 5.41) is 10.0. The first-order chi connectivity index (χ1) is 16.0. The number of anilines is 2. The molecule has 2 amide bonds. The summed E-state index contributed by atoms with van der Waals surface area (Å²) in [6, 6.07) is 15.2. The summed E-state index contributed by atoms with van der Waals surface area (Å²) in [6.07, 6.45) is 7.80. The van der Waals surface area contributed by atoms with E-state index in [0.717, 1.165) is 30.8 Å². The third-order valence-corrected chi connectivity index (χ3v) is 5.46. The summed E-state index contributed by atoms with van der Waals surface area (Å²) in [5.74, 6) is 1.37. The number of allylic oxidation sites excluding steroid dienone is 1. The number of nitrogens with one attached hydrogen (secondary N) is 2. The summed E-state index contributed by atoms with van der Waals surface area (Å²) in [6.45, 7) is 0.718. The molecule has 7 nitrogen and oxygen atoms in total. The van der Waals surface area contributed by atoms with E-state index in [2.05, 4.69) is 15.7 Å². The average Bonchev–Trinajstić information content (AvgIpc) is 3.58. The van der Waals surface area contributed by atoms with Gasteiger partial charge in [-0.05, 0) is 49.3 Å². The molecule has 1 aromatic heterocycles. The Labute approximate surface area is 191 Å². The second kappa shape index (κ2) is 8.82. The molecule has 1 aliphatic carbocycles. The fourth-order valence-corrected chi connectivity index (χ4v) is 3.54. The average molecular weight is 445 g/mol. The Morgan fingerprint density at radius 2 is 1.94 bits per heavy atom. The van der Waals surface area contributed by atoms with Gasteiger partial charge in [0.1, 0.15) is 23.1 Å². The van der Waals surface area contributed by atoms with Crippen molar-refractivity contribution in [2.75, 3.05) is 24.2 Å². The maximum Gasteiger partial charge on any atom is 0.324 e. The second-order valence-corrected chi connectivity index (χ2v) is 8.16. The predicted molar refractivity (Wildman–Crippen MR) is 125 cm³/mol. The number of carbonyl (C=O) groups is 1. The molecule has 0 atom stereocenters. The third-order valence-electron chi connectivity index (χ3n) is 5.46. The molecule has 3 aromatic rings. The van der Waals surface area contributed by atoms with E-state index in [1.54, 1.807) is 10.7 Å². The van der Waals surface area contributed by atoms with Crippen molar-refractivity contribution in [3.05, 3.63) is 90.2 Å². The number of carbonyl (C=O) groups excluding carboxylic acids is 1. The zero-order valence-corrected chi connectivity index (χ0v) is 18.2. The molecule has 0 radical (unpaired) electrons. The number of amides is 2. The van der Waals surface area contributed by atoms with E-state index in [4.69, 9.17) is 4.74 Å². The molecule has 2 heterocycles. The number of nitrogens with zero attached hydrogens (tertiary/aromatic N) is 3. The number of para-hydroxylation sites is 1. The van der Waals surface area contributed by atoms with Gasteiger partial charge in [0.05, 0.1) is 17.1 Å². The summed E-state index contributed by atoms with van der Waals surface area (Å²) in [7, 11) is 1.95.